The van der Waals surface area contributed by atoms with Crippen molar-refractivity contribution in [1.82, 2.24) is 14.9 Å². The predicted octanol–water partition coefficient (Wildman–Crippen LogP) is 2.13. The summed E-state index contributed by atoms with van der Waals surface area (Å²) in [5.41, 5.74) is 1.69. The Morgan fingerprint density at radius 1 is 1.37 bits per heavy atom. The van der Waals surface area contributed by atoms with Gasteiger partial charge in [0.05, 0.1) is 5.69 Å². The number of phenols is 1. The molecule has 2 aromatic rings. The van der Waals surface area contributed by atoms with E-state index < -0.39 is 0 Å². The third-order valence-electron chi connectivity index (χ3n) is 2.64. The molecule has 100 valence electrons. The Bertz CT molecular complexity index is 551. The highest BCUT2D eigenvalue weighted by Gasteiger charge is 2.15. The number of phenolic OH excluding ortho intramolecular Hbond substituents is 1. The molecule has 0 bridgehead atoms. The Hall–Kier alpha value is -1.95. The van der Waals surface area contributed by atoms with E-state index in [0.29, 0.717) is 11.4 Å². The number of carbonyl (C=O) groups excluding carboxylic acids is 1. The first kappa shape index (κ1) is 13.5. The quantitative estimate of drug-likeness (QED) is 0.878. The molecule has 0 aliphatic rings. The number of carbonyl (C=O) groups is 1. The van der Waals surface area contributed by atoms with E-state index in [4.69, 9.17) is 0 Å². The largest absolute Gasteiger partial charge is 0.508 e. The van der Waals surface area contributed by atoms with Crippen LogP contribution in [0.1, 0.15) is 34.3 Å². The average Bonchev–Trinajstić information content (AvgIpc) is 2.86. The molecule has 6 heteroatoms. The van der Waals surface area contributed by atoms with Crippen LogP contribution in [0.2, 0.25) is 0 Å². The van der Waals surface area contributed by atoms with E-state index in [-0.39, 0.29) is 11.7 Å². The van der Waals surface area contributed by atoms with Gasteiger partial charge in [0.2, 0.25) is 0 Å². The molecule has 1 aromatic carbocycles. The number of nitrogens with one attached hydrogen (secondary N) is 1. The fourth-order valence-corrected chi connectivity index (χ4v) is 2.28. The first-order chi connectivity index (χ1) is 9.20. The zero-order chi connectivity index (χ0) is 13.7. The van der Waals surface area contributed by atoms with Crippen molar-refractivity contribution in [3.63, 3.8) is 0 Å². The molecule has 0 unspecified atom stereocenters. The molecule has 2 N–H and O–H groups in total. The Balaban J connectivity index is 1.97. The van der Waals surface area contributed by atoms with Crippen LogP contribution >= 0.6 is 11.5 Å². The van der Waals surface area contributed by atoms with Gasteiger partial charge in [-0.15, -0.1) is 5.10 Å². The summed E-state index contributed by atoms with van der Waals surface area (Å²) in [6.45, 7) is 2.46. The number of aromatic hydroxyl groups is 1. The molecule has 0 radical (unpaired) electrons. The van der Waals surface area contributed by atoms with Gasteiger partial charge in [-0.25, -0.2) is 0 Å². The van der Waals surface area contributed by atoms with Gasteiger partial charge in [0.1, 0.15) is 10.6 Å². The van der Waals surface area contributed by atoms with E-state index in [1.165, 1.54) is 0 Å². The third-order valence-corrected chi connectivity index (χ3v) is 3.41. The van der Waals surface area contributed by atoms with Gasteiger partial charge in [0, 0.05) is 6.54 Å². The van der Waals surface area contributed by atoms with Crippen molar-refractivity contribution in [1.29, 1.82) is 0 Å². The lowest BCUT2D eigenvalue weighted by Gasteiger charge is -2.04. The van der Waals surface area contributed by atoms with Crippen molar-refractivity contribution in [3.8, 4) is 5.75 Å². The van der Waals surface area contributed by atoms with Crippen LogP contribution in [-0.2, 0) is 13.0 Å². The monoisotopic (exact) mass is 277 g/mol. The highest BCUT2D eigenvalue weighted by atomic mass is 32.1. The molecule has 5 nitrogen and oxygen atoms in total. The number of nitrogens with zero attached hydrogens (tertiary/aromatic N) is 2. The molecule has 1 aromatic heterocycles. The normalized spacial score (nSPS) is 10.4. The zero-order valence-corrected chi connectivity index (χ0v) is 11.4. The van der Waals surface area contributed by atoms with Gasteiger partial charge in [-0.3, -0.25) is 4.79 Å². The molecular formula is C13H15N3O2S. The molecular weight excluding hydrogens is 262 g/mol. The summed E-state index contributed by atoms with van der Waals surface area (Å²) < 4.78 is 3.83. The second kappa shape index (κ2) is 6.29. The summed E-state index contributed by atoms with van der Waals surface area (Å²) in [5, 5.41) is 16.0. The van der Waals surface area contributed by atoms with Crippen molar-refractivity contribution in [2.75, 3.05) is 0 Å². The predicted molar refractivity (Wildman–Crippen MR) is 73.2 cm³/mol. The summed E-state index contributed by atoms with van der Waals surface area (Å²) >= 11 is 1.12. The lowest BCUT2D eigenvalue weighted by atomic mass is 10.2. The lowest BCUT2D eigenvalue weighted by molar-refractivity contribution is 0.0954. The van der Waals surface area contributed by atoms with Gasteiger partial charge in [0.15, 0.2) is 0 Å². The van der Waals surface area contributed by atoms with Gasteiger partial charge in [-0.05, 0) is 35.6 Å². The standard InChI is InChI=1S/C13H15N3O2S/c1-2-3-11-12(19-16-15-11)13(18)14-8-9-4-6-10(17)7-5-9/h4-7,17H,2-3,8H2,1H3,(H,14,18). The first-order valence-corrected chi connectivity index (χ1v) is 6.85. The molecule has 0 saturated carbocycles. The second-order valence-corrected chi connectivity index (χ2v) is 4.90. The van der Waals surface area contributed by atoms with E-state index >= 15 is 0 Å². The van der Waals surface area contributed by atoms with Crippen LogP contribution in [0.5, 0.6) is 5.75 Å². The molecule has 19 heavy (non-hydrogen) atoms. The number of rotatable bonds is 5. The molecule has 2 rings (SSSR count). The fourth-order valence-electron chi connectivity index (χ4n) is 1.66. The lowest BCUT2D eigenvalue weighted by Crippen LogP contribution is -2.22. The Kier molecular flexibility index (Phi) is 4.46. The van der Waals surface area contributed by atoms with Crippen molar-refractivity contribution in [2.45, 2.75) is 26.3 Å². The molecule has 0 aliphatic heterocycles. The first-order valence-electron chi connectivity index (χ1n) is 6.08. The smallest absolute Gasteiger partial charge is 0.265 e. The van der Waals surface area contributed by atoms with E-state index in [0.717, 1.165) is 35.6 Å². The van der Waals surface area contributed by atoms with Crippen LogP contribution in [0.15, 0.2) is 24.3 Å². The van der Waals surface area contributed by atoms with Crippen LogP contribution in [-0.4, -0.2) is 20.6 Å². The minimum atomic E-state index is -0.147. The second-order valence-electron chi connectivity index (χ2n) is 4.15. The minimum absolute atomic E-state index is 0.147. The molecule has 0 aliphatic carbocycles. The Labute approximate surface area is 115 Å². The number of aromatic nitrogens is 2. The molecule has 1 heterocycles. The highest BCUT2D eigenvalue weighted by molar-refractivity contribution is 7.08. The fraction of sp³-hybridized carbons (Fsp3) is 0.308. The molecule has 0 spiro atoms. The van der Waals surface area contributed by atoms with Gasteiger partial charge >= 0.3 is 0 Å². The van der Waals surface area contributed by atoms with Crippen LogP contribution < -0.4 is 5.32 Å². The SMILES string of the molecule is CCCc1nnsc1C(=O)NCc1ccc(O)cc1. The highest BCUT2D eigenvalue weighted by Crippen LogP contribution is 2.13. The summed E-state index contributed by atoms with van der Waals surface area (Å²) in [5.74, 6) is 0.0680. The molecule has 0 fully saturated rings. The molecule has 0 atom stereocenters. The van der Waals surface area contributed by atoms with Gasteiger partial charge < -0.3 is 10.4 Å². The average molecular weight is 277 g/mol. The van der Waals surface area contributed by atoms with Crippen LogP contribution in [0.3, 0.4) is 0 Å². The maximum absolute atomic E-state index is 12.0. The molecule has 0 saturated heterocycles. The molecule has 1 amide bonds. The number of hydrogen-bond acceptors (Lipinski definition) is 5. The summed E-state index contributed by atoms with van der Waals surface area (Å²) in [6, 6.07) is 6.73. The number of benzene rings is 1. The van der Waals surface area contributed by atoms with E-state index in [9.17, 15) is 9.90 Å². The van der Waals surface area contributed by atoms with Crippen molar-refractivity contribution < 1.29 is 9.90 Å². The van der Waals surface area contributed by atoms with Crippen molar-refractivity contribution in [2.24, 2.45) is 0 Å². The zero-order valence-electron chi connectivity index (χ0n) is 10.6. The Morgan fingerprint density at radius 2 is 2.11 bits per heavy atom. The van der Waals surface area contributed by atoms with Crippen molar-refractivity contribution >= 4 is 17.4 Å². The van der Waals surface area contributed by atoms with Gasteiger partial charge in [-0.2, -0.15) is 0 Å². The van der Waals surface area contributed by atoms with Crippen LogP contribution in [0, 0.1) is 0 Å². The maximum atomic E-state index is 12.0. The van der Waals surface area contributed by atoms with Crippen LogP contribution in [0.4, 0.5) is 0 Å². The Morgan fingerprint density at radius 3 is 2.79 bits per heavy atom. The van der Waals surface area contributed by atoms with Crippen molar-refractivity contribution in [3.05, 3.63) is 40.4 Å². The third kappa shape index (κ3) is 3.51. The minimum Gasteiger partial charge on any atom is -0.508 e. The maximum Gasteiger partial charge on any atom is 0.265 e. The van der Waals surface area contributed by atoms with Crippen LogP contribution in [0.25, 0.3) is 0 Å². The number of amides is 1. The topological polar surface area (TPSA) is 75.1 Å². The summed E-state index contributed by atoms with van der Waals surface area (Å²) in [6.07, 6.45) is 1.70. The number of hydrogen-bond donors (Lipinski definition) is 2. The number of aryl methyl sites for hydroxylation is 1. The van der Waals surface area contributed by atoms with E-state index in [1.807, 2.05) is 6.92 Å². The van der Waals surface area contributed by atoms with E-state index in [1.54, 1.807) is 24.3 Å². The van der Waals surface area contributed by atoms with Gasteiger partial charge in [-0.1, -0.05) is 30.0 Å². The summed E-state index contributed by atoms with van der Waals surface area (Å²) in [7, 11) is 0. The van der Waals surface area contributed by atoms with E-state index in [2.05, 4.69) is 14.9 Å². The van der Waals surface area contributed by atoms with Gasteiger partial charge in [0.25, 0.3) is 5.91 Å². The summed E-state index contributed by atoms with van der Waals surface area (Å²) in [4.78, 5) is 12.6.